The van der Waals surface area contributed by atoms with Gasteiger partial charge < -0.3 is 11.5 Å². The van der Waals surface area contributed by atoms with E-state index >= 15 is 0 Å². The van der Waals surface area contributed by atoms with Crippen LogP contribution < -0.4 is 11.5 Å². The second-order valence-electron chi connectivity index (χ2n) is 16.5. The number of benzene rings is 4. The van der Waals surface area contributed by atoms with E-state index in [0.29, 0.717) is 17.8 Å². The van der Waals surface area contributed by atoms with Gasteiger partial charge in [0.15, 0.2) is 0 Å². The van der Waals surface area contributed by atoms with Gasteiger partial charge in [-0.05, 0) is 102 Å². The number of aryl methyl sites for hydroxylation is 2. The van der Waals surface area contributed by atoms with Crippen molar-refractivity contribution in [1.82, 2.24) is 0 Å². The number of hydrogen-bond donors (Lipinski definition) is 2. The summed E-state index contributed by atoms with van der Waals surface area (Å²) in [5.41, 5.74) is 25.4. The van der Waals surface area contributed by atoms with Crippen molar-refractivity contribution in [1.29, 1.82) is 0 Å². The lowest BCUT2D eigenvalue weighted by molar-refractivity contribution is 0.545. The standard InChI is InChI=1S/C52H76N2/c1-6-9-12-15-16-17-18-19-22-23-50(42-26-30-44(31-27-42)51(24-20-13-10-7-2)48-36-34-46(53)38-40(48)4)43-28-32-45(33-29-43)52(25-21-14-11-8-3)49-37-35-47(54)39-41(49)5/h26-39,50-52H,6-25,53-54H2,1-5H3. The zero-order valence-electron chi connectivity index (χ0n) is 35.1. The van der Waals surface area contributed by atoms with Gasteiger partial charge in [0.1, 0.15) is 0 Å². The Morgan fingerprint density at radius 2 is 0.630 bits per heavy atom. The third-order valence-corrected chi connectivity index (χ3v) is 12.1. The third-order valence-electron chi connectivity index (χ3n) is 12.1. The van der Waals surface area contributed by atoms with Crippen molar-refractivity contribution in [3.63, 3.8) is 0 Å². The van der Waals surface area contributed by atoms with Gasteiger partial charge >= 0.3 is 0 Å². The highest BCUT2D eigenvalue weighted by Crippen LogP contribution is 2.38. The number of hydrogen-bond acceptors (Lipinski definition) is 2. The molecule has 0 aliphatic carbocycles. The summed E-state index contributed by atoms with van der Waals surface area (Å²) < 4.78 is 0. The van der Waals surface area contributed by atoms with Crippen LogP contribution in [0.25, 0.3) is 0 Å². The van der Waals surface area contributed by atoms with Crippen LogP contribution in [0.4, 0.5) is 11.4 Å². The highest BCUT2D eigenvalue weighted by atomic mass is 14.5. The SMILES string of the molecule is CCCCCCCCCCCC(c1ccc(C(CCCCCC)c2ccc(N)cc2C)cc1)c1ccc(C(CCCCCC)c2ccc(N)cc2C)cc1. The van der Waals surface area contributed by atoms with Gasteiger partial charge in [-0.15, -0.1) is 0 Å². The molecule has 54 heavy (non-hydrogen) atoms. The molecule has 0 saturated carbocycles. The lowest BCUT2D eigenvalue weighted by atomic mass is 9.81. The fourth-order valence-electron chi connectivity index (χ4n) is 8.84. The summed E-state index contributed by atoms with van der Waals surface area (Å²) in [5, 5.41) is 0. The normalized spacial score (nSPS) is 13.2. The molecular formula is C52H76N2. The van der Waals surface area contributed by atoms with Gasteiger partial charge in [-0.2, -0.15) is 0 Å². The predicted octanol–water partition coefficient (Wildman–Crippen LogP) is 15.7. The Morgan fingerprint density at radius 1 is 0.352 bits per heavy atom. The molecule has 0 saturated heterocycles. The number of rotatable bonds is 26. The fraction of sp³-hybridized carbons (Fsp3) is 0.538. The van der Waals surface area contributed by atoms with Crippen LogP contribution in [-0.2, 0) is 0 Å². The first-order valence-electron chi connectivity index (χ1n) is 22.3. The second kappa shape index (κ2) is 24.1. The smallest absolute Gasteiger partial charge is 0.0316 e. The highest BCUT2D eigenvalue weighted by molar-refractivity contribution is 5.50. The minimum absolute atomic E-state index is 0.401. The predicted molar refractivity (Wildman–Crippen MR) is 239 cm³/mol. The second-order valence-corrected chi connectivity index (χ2v) is 16.5. The maximum Gasteiger partial charge on any atom is 0.0316 e. The molecule has 294 valence electrons. The largest absolute Gasteiger partial charge is 0.399 e. The Balaban J connectivity index is 1.59. The van der Waals surface area contributed by atoms with E-state index in [1.165, 1.54) is 173 Å². The molecule has 4 aromatic rings. The topological polar surface area (TPSA) is 52.0 Å². The first-order chi connectivity index (χ1) is 26.4. The monoisotopic (exact) mass is 729 g/mol. The summed E-state index contributed by atoms with van der Waals surface area (Å²) >= 11 is 0. The molecule has 4 rings (SSSR count). The van der Waals surface area contributed by atoms with Gasteiger partial charge in [0, 0.05) is 29.1 Å². The Morgan fingerprint density at radius 3 is 0.963 bits per heavy atom. The van der Waals surface area contributed by atoms with Crippen molar-refractivity contribution in [3.8, 4) is 0 Å². The fourth-order valence-corrected chi connectivity index (χ4v) is 8.84. The minimum Gasteiger partial charge on any atom is -0.399 e. The molecular weight excluding hydrogens is 653 g/mol. The van der Waals surface area contributed by atoms with E-state index in [0.717, 1.165) is 11.4 Å². The van der Waals surface area contributed by atoms with Crippen LogP contribution in [-0.4, -0.2) is 0 Å². The molecule has 2 heteroatoms. The van der Waals surface area contributed by atoms with Gasteiger partial charge in [0.25, 0.3) is 0 Å². The van der Waals surface area contributed by atoms with E-state index in [1.807, 2.05) is 0 Å². The molecule has 0 bridgehead atoms. The van der Waals surface area contributed by atoms with E-state index in [-0.39, 0.29) is 0 Å². The van der Waals surface area contributed by atoms with Gasteiger partial charge in [-0.25, -0.2) is 0 Å². The van der Waals surface area contributed by atoms with Crippen molar-refractivity contribution >= 4 is 11.4 Å². The van der Waals surface area contributed by atoms with Crippen LogP contribution in [0.5, 0.6) is 0 Å². The van der Waals surface area contributed by atoms with Crippen LogP contribution >= 0.6 is 0 Å². The molecule has 2 atom stereocenters. The maximum absolute atomic E-state index is 6.20. The Hall–Kier alpha value is -3.52. The van der Waals surface area contributed by atoms with Gasteiger partial charge in [-0.1, -0.05) is 191 Å². The van der Waals surface area contributed by atoms with E-state index in [2.05, 4.69) is 120 Å². The van der Waals surface area contributed by atoms with Gasteiger partial charge in [-0.3, -0.25) is 0 Å². The summed E-state index contributed by atoms with van der Waals surface area (Å²) in [6, 6.07) is 32.7. The van der Waals surface area contributed by atoms with Crippen LogP contribution in [0.2, 0.25) is 0 Å². The molecule has 0 fully saturated rings. The number of nitrogens with two attached hydrogens (primary N) is 2. The van der Waals surface area contributed by atoms with E-state index < -0.39 is 0 Å². The molecule has 0 amide bonds. The maximum atomic E-state index is 6.20. The lowest BCUT2D eigenvalue weighted by Gasteiger charge is -2.24. The van der Waals surface area contributed by atoms with Crippen LogP contribution in [0, 0.1) is 13.8 Å². The molecule has 0 aromatic heterocycles. The summed E-state index contributed by atoms with van der Waals surface area (Å²) in [4.78, 5) is 0. The van der Waals surface area contributed by atoms with Crippen molar-refractivity contribution < 1.29 is 0 Å². The summed E-state index contributed by atoms with van der Waals surface area (Å²) in [6.07, 6.45) is 26.1. The van der Waals surface area contributed by atoms with Crippen LogP contribution in [0.15, 0.2) is 84.9 Å². The zero-order chi connectivity index (χ0) is 38.5. The minimum atomic E-state index is 0.401. The highest BCUT2D eigenvalue weighted by Gasteiger charge is 2.21. The first-order valence-corrected chi connectivity index (χ1v) is 22.3. The van der Waals surface area contributed by atoms with Gasteiger partial charge in [0.2, 0.25) is 0 Å². The first kappa shape index (κ1) is 43.2. The lowest BCUT2D eigenvalue weighted by Crippen LogP contribution is -2.07. The number of unbranched alkanes of at least 4 members (excludes halogenated alkanes) is 14. The van der Waals surface area contributed by atoms with E-state index in [4.69, 9.17) is 11.5 Å². The molecule has 4 aromatic carbocycles. The summed E-state index contributed by atoms with van der Waals surface area (Å²) in [5.74, 6) is 1.20. The molecule has 0 aliphatic heterocycles. The average Bonchev–Trinajstić information content (AvgIpc) is 3.17. The molecule has 2 unspecified atom stereocenters. The number of anilines is 2. The molecule has 0 spiro atoms. The molecule has 2 nitrogen and oxygen atoms in total. The van der Waals surface area contributed by atoms with Crippen LogP contribution in [0.3, 0.4) is 0 Å². The molecule has 0 aliphatic rings. The van der Waals surface area contributed by atoms with E-state index in [1.54, 1.807) is 0 Å². The molecule has 0 radical (unpaired) electrons. The zero-order valence-corrected chi connectivity index (χ0v) is 35.1. The summed E-state index contributed by atoms with van der Waals surface area (Å²) in [7, 11) is 0. The van der Waals surface area contributed by atoms with E-state index in [9.17, 15) is 0 Å². The van der Waals surface area contributed by atoms with Crippen molar-refractivity contribution in [3.05, 3.63) is 129 Å². The van der Waals surface area contributed by atoms with Crippen molar-refractivity contribution in [2.24, 2.45) is 0 Å². The summed E-state index contributed by atoms with van der Waals surface area (Å²) in [6.45, 7) is 11.4. The van der Waals surface area contributed by atoms with Crippen molar-refractivity contribution in [2.45, 2.75) is 181 Å². The third kappa shape index (κ3) is 13.6. The Labute approximate surface area is 332 Å². The average molecular weight is 729 g/mol. The quantitative estimate of drug-likeness (QED) is 0.0499. The molecule has 4 N–H and O–H groups in total. The van der Waals surface area contributed by atoms with Gasteiger partial charge in [0.05, 0.1) is 0 Å². The molecule has 0 heterocycles. The Kier molecular flexibility index (Phi) is 19.3. The number of nitrogen functional groups attached to an aromatic ring is 2. The Bertz CT molecular complexity index is 1490. The van der Waals surface area contributed by atoms with Crippen molar-refractivity contribution in [2.75, 3.05) is 11.5 Å². The van der Waals surface area contributed by atoms with Crippen LogP contribution in [0.1, 0.15) is 211 Å².